The molecule has 12 heterocycles. The van der Waals surface area contributed by atoms with Crippen LogP contribution in [0.25, 0.3) is 83.0 Å². The van der Waals surface area contributed by atoms with E-state index in [1.807, 2.05) is 26.0 Å². The van der Waals surface area contributed by atoms with E-state index < -0.39 is 57.3 Å². The highest BCUT2D eigenvalue weighted by Crippen LogP contribution is 2.39. The Morgan fingerprint density at radius 3 is 1.11 bits per heavy atom. The Balaban J connectivity index is 0.000000134. The summed E-state index contributed by atoms with van der Waals surface area (Å²) in [6.45, 7) is 21.7. The van der Waals surface area contributed by atoms with Crippen LogP contribution in [-0.2, 0) is 21.7 Å². The van der Waals surface area contributed by atoms with E-state index in [4.69, 9.17) is 4.74 Å². The van der Waals surface area contributed by atoms with Crippen molar-refractivity contribution >= 4 is 55.7 Å². The summed E-state index contributed by atoms with van der Waals surface area (Å²) in [6, 6.07) is 14.7. The van der Waals surface area contributed by atoms with E-state index in [9.17, 15) is 32.3 Å². The van der Waals surface area contributed by atoms with E-state index >= 15 is 13.2 Å². The quantitative estimate of drug-likeness (QED) is 0.109. The van der Waals surface area contributed by atoms with Gasteiger partial charge in [-0.05, 0) is 170 Å². The smallest absolute Gasteiger partial charge is 0.410 e. The number of H-pyrrole nitrogens is 3. The summed E-state index contributed by atoms with van der Waals surface area (Å²) in [5, 5.41) is 4.13. The van der Waals surface area contributed by atoms with E-state index in [2.05, 4.69) is 62.0 Å². The van der Waals surface area contributed by atoms with Crippen LogP contribution in [0.1, 0.15) is 117 Å². The molecule has 0 radical (unpaired) electrons. The standard InChI is InChI=1S/C27H29F2N5O3.C24H25F2N5O.C22H21F2N5O/c1-15-10-17(18-12-20(28)22-30-16(2)13-34(22)14-18)11-19-21(15)31-24(32-23(19)35)27(29)6-8-33(9-7-27)25(36)37-26(3,4)5;1-4-30-7-5-24(26,6-8-30)23-28-20-14(2)9-16(10-18(20)22(32)29-23)17-11-19(25)21-27-15(3)12-31(21)13-17;1-12-7-14(15-9-17(23)19-26-13(2)10-29(19)11-15)8-16-18(12)27-21(28-20(16)30)22(24)3-5-25-6-4-22/h10-14H,6-9H2,1-5H3,(H,31,32,35);9-13H,4-8H2,1-3H3,(H,28,29,32);7-11,25H,3-6H2,1-2H3,(H,27,28,30). The summed E-state index contributed by atoms with van der Waals surface area (Å²) >= 11 is 0. The Morgan fingerprint density at radius 1 is 0.465 bits per heavy atom. The average Bonchev–Trinajstić information content (AvgIpc) is 1.12. The van der Waals surface area contributed by atoms with Crippen molar-refractivity contribution in [3.63, 3.8) is 0 Å². The third kappa shape index (κ3) is 13.3. The molecule has 15 rings (SSSR count). The van der Waals surface area contributed by atoms with Crippen molar-refractivity contribution < 1.29 is 35.9 Å². The number of alkyl halides is 3. The van der Waals surface area contributed by atoms with Crippen molar-refractivity contribution in [3.8, 4) is 33.4 Å². The first-order valence-electron chi connectivity index (χ1n) is 33.0. The molecule has 0 unspecified atom stereocenters. The van der Waals surface area contributed by atoms with Crippen molar-refractivity contribution in [3.05, 3.63) is 192 Å². The number of aromatic nitrogens is 12. The van der Waals surface area contributed by atoms with Gasteiger partial charge >= 0.3 is 6.09 Å². The number of carbonyl (C=O) groups is 1. The molecule has 12 aromatic rings. The molecule has 99 heavy (non-hydrogen) atoms. The molecule has 4 N–H and O–H groups in total. The van der Waals surface area contributed by atoms with Crippen LogP contribution in [0.2, 0.25) is 0 Å². The Bertz CT molecular complexity index is 5400. The first-order valence-corrected chi connectivity index (χ1v) is 33.0. The fourth-order valence-electron chi connectivity index (χ4n) is 13.5. The highest BCUT2D eigenvalue weighted by atomic mass is 19.2. The predicted octanol–water partition coefficient (Wildman–Crippen LogP) is 13.0. The summed E-state index contributed by atoms with van der Waals surface area (Å²) in [4.78, 5) is 89.0. The van der Waals surface area contributed by atoms with Gasteiger partial charge in [0.1, 0.15) is 23.1 Å². The number of aromatic amines is 3. The fourth-order valence-corrected chi connectivity index (χ4v) is 13.5. The number of rotatable bonds is 7. The fraction of sp³-hybridized carbons (Fsp3) is 0.370. The second-order valence-corrected chi connectivity index (χ2v) is 27.4. The van der Waals surface area contributed by atoms with Gasteiger partial charge in [-0.15, -0.1) is 0 Å². The Hall–Kier alpha value is -10.1. The number of benzene rings is 3. The number of piperidine rings is 3. The van der Waals surface area contributed by atoms with E-state index in [0.717, 1.165) is 17.7 Å². The minimum Gasteiger partial charge on any atom is -0.444 e. The van der Waals surface area contributed by atoms with Gasteiger partial charge in [0.2, 0.25) is 0 Å². The number of amides is 1. The molecule has 26 heteroatoms. The van der Waals surface area contributed by atoms with Gasteiger partial charge < -0.3 is 48.0 Å². The van der Waals surface area contributed by atoms with Crippen LogP contribution in [0.15, 0.2) is 106 Å². The first-order chi connectivity index (χ1) is 46.9. The SMILES string of the molecule is CCN1CCC(F)(c2nc3c(C)cc(-c4cc(F)c5nc(C)cn5c4)cc3c(=O)[nH]2)CC1.Cc1cn2cc(-c3cc(C)c4nc(C5(F)CCN(C(=O)OC(C)(C)C)CC5)[nH]c(=O)c4c3)cc(F)c2n1.Cc1cn2cc(-c3cc(C)c4nc(C5(F)CCNCC5)[nH]c(=O)c4c3)cc(F)c2n1. The number of hydrogen-bond acceptors (Lipinski definition) is 13. The summed E-state index contributed by atoms with van der Waals surface area (Å²) in [7, 11) is 0. The van der Waals surface area contributed by atoms with Gasteiger partial charge in [0.25, 0.3) is 16.7 Å². The van der Waals surface area contributed by atoms with E-state index in [1.54, 1.807) is 123 Å². The minimum atomic E-state index is -1.88. The average molecular weight is 1360 g/mol. The Labute approximate surface area is 563 Å². The zero-order valence-corrected chi connectivity index (χ0v) is 56.6. The number of hydrogen-bond donors (Lipinski definition) is 4. The van der Waals surface area contributed by atoms with Crippen LogP contribution in [0.4, 0.5) is 31.1 Å². The highest BCUT2D eigenvalue weighted by Gasteiger charge is 2.42. The molecule has 514 valence electrons. The van der Waals surface area contributed by atoms with Gasteiger partial charge in [-0.25, -0.2) is 61.0 Å². The molecule has 0 aliphatic carbocycles. The lowest BCUT2D eigenvalue weighted by molar-refractivity contribution is 0.000176. The monoisotopic (exact) mass is 1360 g/mol. The molecule has 3 aliphatic rings. The van der Waals surface area contributed by atoms with Crippen LogP contribution < -0.4 is 22.0 Å². The lowest BCUT2D eigenvalue weighted by atomic mass is 9.92. The number of likely N-dealkylation sites (tertiary alicyclic amines) is 2. The number of imidazole rings is 3. The second kappa shape index (κ2) is 25.7. The maximum atomic E-state index is 16.0. The third-order valence-corrected chi connectivity index (χ3v) is 18.9. The lowest BCUT2D eigenvalue weighted by Gasteiger charge is -2.36. The molecular formula is C73H75F6N15O5. The summed E-state index contributed by atoms with van der Waals surface area (Å²) in [5.74, 6) is -1.21. The van der Waals surface area contributed by atoms with E-state index in [1.165, 1.54) is 23.1 Å². The number of ether oxygens (including phenoxy) is 1. The van der Waals surface area contributed by atoms with Crippen LogP contribution in [0.3, 0.4) is 0 Å². The van der Waals surface area contributed by atoms with Gasteiger partial charge in [-0.2, -0.15) is 0 Å². The van der Waals surface area contributed by atoms with Crippen LogP contribution >= 0.6 is 0 Å². The van der Waals surface area contributed by atoms with Crippen molar-refractivity contribution in [2.45, 2.75) is 130 Å². The molecule has 3 saturated heterocycles. The first kappa shape index (κ1) is 67.5. The van der Waals surface area contributed by atoms with Gasteiger partial charge in [0.15, 0.2) is 51.4 Å². The molecule has 0 atom stereocenters. The number of aryl methyl sites for hydroxylation is 6. The van der Waals surface area contributed by atoms with Crippen molar-refractivity contribution in [2.24, 2.45) is 0 Å². The molecule has 9 aromatic heterocycles. The van der Waals surface area contributed by atoms with Crippen molar-refractivity contribution in [1.82, 2.24) is 73.2 Å². The molecule has 3 fully saturated rings. The molecule has 20 nitrogen and oxygen atoms in total. The molecular weight excluding hydrogens is 1280 g/mol. The zero-order chi connectivity index (χ0) is 70.4. The van der Waals surface area contributed by atoms with E-state index in [-0.39, 0.29) is 84.1 Å². The lowest BCUT2D eigenvalue weighted by Crippen LogP contribution is -2.46. The van der Waals surface area contributed by atoms with Crippen molar-refractivity contribution in [2.75, 3.05) is 45.8 Å². The number of nitrogens with zero attached hydrogens (tertiary/aromatic N) is 11. The number of pyridine rings is 3. The maximum absolute atomic E-state index is 16.0. The van der Waals surface area contributed by atoms with Gasteiger partial charge in [0, 0.05) is 119 Å². The van der Waals surface area contributed by atoms with Gasteiger partial charge in [0.05, 0.1) is 49.8 Å². The predicted molar refractivity (Wildman–Crippen MR) is 367 cm³/mol. The molecule has 0 saturated carbocycles. The van der Waals surface area contributed by atoms with Crippen LogP contribution in [-0.4, -0.2) is 125 Å². The topological polar surface area (TPSA) is 234 Å². The van der Waals surface area contributed by atoms with E-state index in [0.29, 0.717) is 122 Å². The normalized spacial score (nSPS) is 16.3. The summed E-state index contributed by atoms with van der Waals surface area (Å²) < 4.78 is 101. The maximum Gasteiger partial charge on any atom is 0.410 e. The third-order valence-electron chi connectivity index (χ3n) is 18.9. The number of halogens is 6. The van der Waals surface area contributed by atoms with Gasteiger partial charge in [-0.1, -0.05) is 6.92 Å². The number of fused-ring (bicyclic) bond motifs is 6. The van der Waals surface area contributed by atoms with Crippen molar-refractivity contribution in [1.29, 1.82) is 0 Å². The minimum absolute atomic E-state index is 0.0125. The highest BCUT2D eigenvalue weighted by molar-refractivity contribution is 5.89. The molecule has 0 bridgehead atoms. The number of nitrogens with one attached hydrogen (secondary N) is 4. The van der Waals surface area contributed by atoms with Crippen LogP contribution in [0, 0.1) is 59.0 Å². The largest absolute Gasteiger partial charge is 0.444 e. The molecule has 1 amide bonds. The molecule has 0 spiro atoms. The molecule has 3 aliphatic heterocycles. The number of carbonyl (C=O) groups excluding carboxylic acids is 1. The summed E-state index contributed by atoms with van der Waals surface area (Å²) in [5.41, 5.74) is 3.09. The summed E-state index contributed by atoms with van der Waals surface area (Å²) in [6.07, 6.45) is 11.2. The Kier molecular flexibility index (Phi) is 17.5. The Morgan fingerprint density at radius 2 is 0.788 bits per heavy atom. The van der Waals surface area contributed by atoms with Gasteiger partial charge in [-0.3, -0.25) is 14.4 Å². The molecule has 3 aromatic carbocycles. The van der Waals surface area contributed by atoms with Crippen LogP contribution in [0.5, 0.6) is 0 Å². The zero-order valence-electron chi connectivity index (χ0n) is 56.6. The second-order valence-electron chi connectivity index (χ2n) is 27.4.